The first-order valence-electron chi connectivity index (χ1n) is 25.4. The predicted molar refractivity (Wildman–Crippen MR) is 270 cm³/mol. The maximum atomic E-state index is 15.0. The fourth-order valence-corrected chi connectivity index (χ4v) is 10.7. The van der Waals surface area contributed by atoms with Crippen LogP contribution in [0.3, 0.4) is 0 Å². The van der Waals surface area contributed by atoms with Crippen molar-refractivity contribution in [2.24, 2.45) is 17.6 Å². The van der Waals surface area contributed by atoms with Gasteiger partial charge in [-0.05, 0) is 30.9 Å². The summed E-state index contributed by atoms with van der Waals surface area (Å²) in [6.07, 6.45) is 0.499. The third-order valence-corrected chi connectivity index (χ3v) is 15.4. The van der Waals surface area contributed by atoms with Crippen LogP contribution in [0.2, 0.25) is 0 Å². The van der Waals surface area contributed by atoms with Crippen LogP contribution in [0.5, 0.6) is 5.75 Å². The molecule has 0 spiro atoms. The van der Waals surface area contributed by atoms with Gasteiger partial charge in [-0.1, -0.05) is 40.0 Å². The quantitative estimate of drug-likeness (QED) is 0.0453. The number of hydrogen-bond acceptors (Lipinski definition) is 16. The molecule has 1 aromatic heterocycles. The molecule has 4 aliphatic heterocycles. The fourth-order valence-electron chi connectivity index (χ4n) is 9.35. The molecule has 0 radical (unpaired) electrons. The van der Waals surface area contributed by atoms with Gasteiger partial charge in [-0.25, -0.2) is 0 Å². The Morgan fingerprint density at radius 3 is 2.18 bits per heavy atom. The van der Waals surface area contributed by atoms with Gasteiger partial charge in [0.05, 0.1) is 50.4 Å². The Morgan fingerprint density at radius 1 is 0.831 bits per heavy atom. The number of nitrogens with one attached hydrogen (secondary N) is 8. The van der Waals surface area contributed by atoms with Crippen molar-refractivity contribution in [3.05, 3.63) is 35.9 Å². The number of nitrogens with two attached hydrogens (primary N) is 1. The van der Waals surface area contributed by atoms with Crippen molar-refractivity contribution in [2.75, 3.05) is 45.1 Å². The van der Waals surface area contributed by atoms with Gasteiger partial charge >= 0.3 is 0 Å². The smallest absolute Gasteiger partial charge is 0.253 e. The van der Waals surface area contributed by atoms with Crippen LogP contribution in [0.25, 0.3) is 10.9 Å². The molecule has 420 valence electrons. The second kappa shape index (κ2) is 26.8. The molecule has 28 heteroatoms. The minimum atomic E-state index is -2.41. The zero-order valence-electron chi connectivity index (χ0n) is 42.8. The summed E-state index contributed by atoms with van der Waals surface area (Å²) in [4.78, 5) is 154. The van der Waals surface area contributed by atoms with Gasteiger partial charge in [0.15, 0.2) is 6.04 Å². The van der Waals surface area contributed by atoms with Crippen molar-refractivity contribution >= 4 is 87.1 Å². The number of amides is 11. The number of hydrogen-bond donors (Lipinski definition) is 12. The molecule has 1 aromatic carbocycles. The predicted octanol–water partition coefficient (Wildman–Crippen LogP) is -4.76. The molecule has 13 N–H and O–H groups in total. The number of ether oxygens (including phenoxy) is 1. The average Bonchev–Trinajstić information content (AvgIpc) is 4.11. The summed E-state index contributed by atoms with van der Waals surface area (Å²) < 4.78 is 21.0. The second-order valence-corrected chi connectivity index (χ2v) is 21.0. The summed E-state index contributed by atoms with van der Waals surface area (Å²) >= 11 is -2.41. The molecule has 27 nitrogen and oxygen atoms in total. The van der Waals surface area contributed by atoms with Gasteiger partial charge in [0.2, 0.25) is 58.2 Å². The molecule has 11 amide bonds. The van der Waals surface area contributed by atoms with Gasteiger partial charge < -0.3 is 77.4 Å². The lowest BCUT2D eigenvalue weighted by Gasteiger charge is -2.32. The van der Waals surface area contributed by atoms with Crippen molar-refractivity contribution < 1.29 is 77.3 Å². The topological polar surface area (TPSA) is 413 Å². The maximum absolute atomic E-state index is 15.0. The number of H-pyrrole nitrogens is 1. The highest BCUT2D eigenvalue weighted by atomic mass is 32.2. The number of carbonyl (C=O) groups is 11. The van der Waals surface area contributed by atoms with Crippen LogP contribution < -0.4 is 47.7 Å². The molecule has 1 fully saturated rings. The lowest BCUT2D eigenvalue weighted by Crippen LogP contribution is -2.62. The zero-order chi connectivity index (χ0) is 56.2. The van der Waals surface area contributed by atoms with Gasteiger partial charge in [-0.3, -0.25) is 57.6 Å². The van der Waals surface area contributed by atoms with Crippen molar-refractivity contribution in [2.45, 2.75) is 126 Å². The van der Waals surface area contributed by atoms with Crippen LogP contribution in [0.15, 0.2) is 35.4 Å². The summed E-state index contributed by atoms with van der Waals surface area (Å²) in [6.45, 7) is 2.23. The van der Waals surface area contributed by atoms with Crippen LogP contribution in [0.4, 0.5) is 0 Å². The molecule has 77 heavy (non-hydrogen) atoms. The molecule has 11 atom stereocenters. The number of aromatic nitrogens is 1. The molecule has 0 aliphatic carbocycles. The fraction of sp³-hybridized carbons (Fsp3) is 0.571. The number of aliphatic hydroxyl groups is 3. The summed E-state index contributed by atoms with van der Waals surface area (Å²) in [5.41, 5.74) is 5.93. The van der Waals surface area contributed by atoms with E-state index in [-0.39, 0.29) is 41.1 Å². The SMILES string of the molecule is CC[C@H](C)[C@@H]1NC(=O)CNC(=O)[C@@H]2Cc3c([nH]c4cc(OCCCCCCN5C(=O)C=CC5=O)ccc34)[S@+]([O-])C[C@H](NC(=O)CNC1=O)C(=O)N[C@@H](CC(N)=O)C(=O)N1C[C@H](O)C[C@H]1C(=O)N[C@@H]([C@@H](C)[C@@H](O)CO)C(=O)N2. The number of benzene rings is 1. The Bertz CT molecular complexity index is 2610. The summed E-state index contributed by atoms with van der Waals surface area (Å²) in [6, 6.07) is -5.33. The monoisotopic (exact) mass is 1100 g/mol. The Hall–Kier alpha value is -7.14. The number of unbranched alkanes of at least 4 members (excludes halogenated alkanes) is 3. The Morgan fingerprint density at radius 2 is 1.51 bits per heavy atom. The number of aromatic amines is 1. The van der Waals surface area contributed by atoms with E-state index in [1.54, 1.807) is 32.0 Å². The van der Waals surface area contributed by atoms with Crippen molar-refractivity contribution in [3.63, 3.8) is 0 Å². The third-order valence-electron chi connectivity index (χ3n) is 14.0. The summed E-state index contributed by atoms with van der Waals surface area (Å²) in [7, 11) is 0. The standard InChI is InChI=1S/C49H67N11O16S/c1-4-24(2)41-46(72)52-19-37(65)53-33-23-77(75)48-29(28-10-9-27(16-30(28)56-48)76-14-8-6-5-7-13-59-39(67)11-12-40(59)68)17-31(43(69)51-20-38(66)57-41)54-47(73)42(25(3)35(63)22-61)58-45(71)34-15-26(62)21-60(34)49(74)32(18-36(50)64)55-44(33)70/h9-12,16,24-26,31-35,41-42,56,61-63H,4-8,13-15,17-23H2,1-3H3,(H2,50,64)(H,51,69)(H,52,72)(H,53,65)(H,54,73)(H,55,70)(H,57,66)(H,58,71)/t24-,25-,26+,31-,32-,33-,34-,35-,41-,42-,77+/m0/s1. The number of fused-ring (bicyclic) bond motifs is 5. The molecule has 5 heterocycles. The van der Waals surface area contributed by atoms with Gasteiger partial charge in [0, 0.05) is 72.2 Å². The third kappa shape index (κ3) is 15.1. The van der Waals surface area contributed by atoms with Crippen LogP contribution in [-0.2, 0) is 70.3 Å². The van der Waals surface area contributed by atoms with E-state index in [2.05, 4.69) is 42.2 Å². The van der Waals surface area contributed by atoms with Crippen LogP contribution in [0, 0.1) is 11.8 Å². The van der Waals surface area contributed by atoms with Crippen molar-refractivity contribution in [1.82, 2.24) is 52.0 Å². The first kappa shape index (κ1) is 59.1. The average molecular weight is 1100 g/mol. The van der Waals surface area contributed by atoms with E-state index >= 15 is 0 Å². The van der Waals surface area contributed by atoms with Crippen LogP contribution in [0.1, 0.15) is 71.3 Å². The number of nitrogens with zero attached hydrogens (tertiary/aromatic N) is 2. The molecule has 1 saturated heterocycles. The first-order chi connectivity index (χ1) is 36.6. The van der Waals surface area contributed by atoms with Crippen LogP contribution in [-0.4, -0.2) is 193 Å². The molecule has 2 aromatic rings. The van der Waals surface area contributed by atoms with Crippen molar-refractivity contribution in [1.29, 1.82) is 0 Å². The molecule has 6 rings (SSSR count). The molecular formula is C49H67N11O16S. The van der Waals surface area contributed by atoms with Gasteiger partial charge in [0.1, 0.15) is 41.7 Å². The number of rotatable bonds is 15. The minimum Gasteiger partial charge on any atom is -0.610 e. The van der Waals surface area contributed by atoms with E-state index in [0.29, 0.717) is 43.2 Å². The maximum Gasteiger partial charge on any atom is 0.253 e. The van der Waals surface area contributed by atoms with Gasteiger partial charge in [-0.2, -0.15) is 0 Å². The highest BCUT2D eigenvalue weighted by Gasteiger charge is 2.45. The highest BCUT2D eigenvalue weighted by Crippen LogP contribution is 2.32. The normalized spacial score (nSPS) is 26.6. The summed E-state index contributed by atoms with van der Waals surface area (Å²) in [5, 5.41) is 49.1. The van der Waals surface area contributed by atoms with E-state index in [0.717, 1.165) is 9.80 Å². The largest absolute Gasteiger partial charge is 0.610 e. The lowest BCUT2D eigenvalue weighted by molar-refractivity contribution is -0.144. The van der Waals surface area contributed by atoms with Gasteiger partial charge in [0.25, 0.3) is 11.8 Å². The number of aliphatic hydroxyl groups excluding tert-OH is 3. The van der Waals surface area contributed by atoms with Crippen LogP contribution >= 0.6 is 0 Å². The molecule has 2 bridgehead atoms. The Balaban J connectivity index is 1.44. The Kier molecular flexibility index (Phi) is 20.5. The molecule has 0 unspecified atom stereocenters. The number of carbonyl (C=O) groups excluding carboxylic acids is 11. The molecular weight excluding hydrogens is 1030 g/mol. The van der Waals surface area contributed by atoms with E-state index in [1.807, 2.05) is 0 Å². The van der Waals surface area contributed by atoms with E-state index in [4.69, 9.17) is 10.5 Å². The zero-order valence-corrected chi connectivity index (χ0v) is 43.6. The van der Waals surface area contributed by atoms with E-state index in [1.165, 1.54) is 19.1 Å². The molecule has 0 saturated carbocycles. The second-order valence-electron chi connectivity index (χ2n) is 19.6. The summed E-state index contributed by atoms with van der Waals surface area (Å²) in [5.74, 6) is -12.3. The minimum absolute atomic E-state index is 0.109. The van der Waals surface area contributed by atoms with Gasteiger partial charge in [-0.15, -0.1) is 0 Å². The van der Waals surface area contributed by atoms with Crippen molar-refractivity contribution in [3.8, 4) is 5.75 Å². The van der Waals surface area contributed by atoms with E-state index < -0.39 is 176 Å². The van der Waals surface area contributed by atoms with E-state index in [9.17, 15) is 72.6 Å². The highest BCUT2D eigenvalue weighted by molar-refractivity contribution is 7.91. The molecule has 4 aliphatic rings. The first-order valence-corrected chi connectivity index (χ1v) is 26.7. The Labute approximate surface area is 445 Å². The lowest BCUT2D eigenvalue weighted by atomic mass is 9.93. The number of primary amides is 1. The number of imide groups is 1.